The smallest absolute Gasteiger partial charge is 0.234 e. The van der Waals surface area contributed by atoms with Crippen molar-refractivity contribution in [2.75, 3.05) is 45.4 Å². The van der Waals surface area contributed by atoms with Gasteiger partial charge in [0.05, 0.1) is 18.8 Å². The number of carbonyl (C=O) groups excluding carboxylic acids is 1. The summed E-state index contributed by atoms with van der Waals surface area (Å²) in [6.45, 7) is 3.46. The zero-order valence-electron chi connectivity index (χ0n) is 10.2. The molecule has 0 saturated heterocycles. The SMILES string of the molecule is COCCNCC(=O)NCC(C)(O)CSC. The molecule has 0 aromatic heterocycles. The first-order valence-corrected chi connectivity index (χ1v) is 6.59. The minimum atomic E-state index is -0.846. The van der Waals surface area contributed by atoms with Crippen molar-refractivity contribution in [2.45, 2.75) is 12.5 Å². The van der Waals surface area contributed by atoms with Gasteiger partial charge in [-0.05, 0) is 13.2 Å². The van der Waals surface area contributed by atoms with Crippen LogP contribution in [0.2, 0.25) is 0 Å². The van der Waals surface area contributed by atoms with Crippen LogP contribution in [-0.2, 0) is 9.53 Å². The number of rotatable bonds is 9. The van der Waals surface area contributed by atoms with E-state index in [1.54, 1.807) is 25.8 Å². The maximum absolute atomic E-state index is 11.3. The monoisotopic (exact) mass is 250 g/mol. The maximum atomic E-state index is 11.3. The van der Waals surface area contributed by atoms with Crippen LogP contribution < -0.4 is 10.6 Å². The van der Waals surface area contributed by atoms with E-state index < -0.39 is 5.60 Å². The van der Waals surface area contributed by atoms with Gasteiger partial charge in [0, 0.05) is 26.0 Å². The van der Waals surface area contributed by atoms with E-state index in [9.17, 15) is 9.90 Å². The van der Waals surface area contributed by atoms with Crippen LogP contribution in [0.4, 0.5) is 0 Å². The van der Waals surface area contributed by atoms with E-state index in [-0.39, 0.29) is 19.0 Å². The van der Waals surface area contributed by atoms with Crippen molar-refractivity contribution in [3.05, 3.63) is 0 Å². The Bertz CT molecular complexity index is 201. The third-order valence-corrected chi connectivity index (χ3v) is 2.80. The van der Waals surface area contributed by atoms with Crippen LogP contribution in [0.5, 0.6) is 0 Å². The summed E-state index contributed by atoms with van der Waals surface area (Å²) in [5, 5.41) is 15.4. The van der Waals surface area contributed by atoms with Crippen molar-refractivity contribution in [2.24, 2.45) is 0 Å². The number of hydrogen-bond acceptors (Lipinski definition) is 5. The Labute approximate surface area is 101 Å². The number of thioether (sulfide) groups is 1. The number of hydrogen-bond donors (Lipinski definition) is 3. The molecule has 1 amide bonds. The van der Waals surface area contributed by atoms with Gasteiger partial charge in [-0.15, -0.1) is 0 Å². The van der Waals surface area contributed by atoms with Crippen LogP contribution in [0, 0.1) is 0 Å². The average Bonchev–Trinajstić information content (AvgIpc) is 2.22. The van der Waals surface area contributed by atoms with E-state index in [1.807, 2.05) is 6.26 Å². The van der Waals surface area contributed by atoms with Gasteiger partial charge in [-0.3, -0.25) is 4.79 Å². The highest BCUT2D eigenvalue weighted by Crippen LogP contribution is 2.08. The second-order valence-electron chi connectivity index (χ2n) is 3.88. The molecule has 96 valence electrons. The minimum Gasteiger partial charge on any atom is -0.387 e. The molecule has 0 aliphatic rings. The molecule has 0 saturated carbocycles. The summed E-state index contributed by atoms with van der Waals surface area (Å²) < 4.78 is 4.83. The Kier molecular flexibility index (Phi) is 8.64. The zero-order chi connectivity index (χ0) is 12.4. The number of amides is 1. The molecule has 16 heavy (non-hydrogen) atoms. The Balaban J connectivity index is 3.56. The number of nitrogens with one attached hydrogen (secondary N) is 2. The summed E-state index contributed by atoms with van der Waals surface area (Å²) in [5.41, 5.74) is -0.846. The summed E-state index contributed by atoms with van der Waals surface area (Å²) in [4.78, 5) is 11.3. The fourth-order valence-corrected chi connectivity index (χ4v) is 1.81. The molecule has 0 bridgehead atoms. The lowest BCUT2D eigenvalue weighted by molar-refractivity contribution is -0.121. The molecule has 3 N–H and O–H groups in total. The van der Waals surface area contributed by atoms with E-state index in [0.717, 1.165) is 0 Å². The predicted molar refractivity (Wildman–Crippen MR) is 66.8 cm³/mol. The molecule has 0 aliphatic heterocycles. The van der Waals surface area contributed by atoms with Gasteiger partial charge in [0.2, 0.25) is 5.91 Å². The lowest BCUT2D eigenvalue weighted by Gasteiger charge is -2.22. The average molecular weight is 250 g/mol. The van der Waals surface area contributed by atoms with Crippen molar-refractivity contribution >= 4 is 17.7 Å². The molecule has 1 atom stereocenters. The largest absolute Gasteiger partial charge is 0.387 e. The molecular formula is C10H22N2O3S. The van der Waals surface area contributed by atoms with Crippen LogP contribution in [0.1, 0.15) is 6.92 Å². The number of carbonyl (C=O) groups is 1. The standard InChI is InChI=1S/C10H22N2O3S/c1-10(14,8-16-3)7-12-9(13)6-11-4-5-15-2/h11,14H,4-8H2,1-3H3,(H,12,13). The van der Waals surface area contributed by atoms with Gasteiger partial charge in [0.25, 0.3) is 0 Å². The molecule has 0 aromatic rings. The molecule has 0 heterocycles. The van der Waals surface area contributed by atoms with Crippen molar-refractivity contribution in [1.29, 1.82) is 0 Å². The highest BCUT2D eigenvalue weighted by Gasteiger charge is 2.19. The first-order valence-electron chi connectivity index (χ1n) is 5.19. The van der Waals surface area contributed by atoms with Crippen LogP contribution in [0.25, 0.3) is 0 Å². The Morgan fingerprint density at radius 3 is 2.81 bits per heavy atom. The molecule has 6 heteroatoms. The van der Waals surface area contributed by atoms with E-state index in [1.165, 1.54) is 0 Å². The summed E-state index contributed by atoms with van der Waals surface area (Å²) in [7, 11) is 1.61. The lowest BCUT2D eigenvalue weighted by Crippen LogP contribution is -2.45. The van der Waals surface area contributed by atoms with Crippen LogP contribution in [0.3, 0.4) is 0 Å². The minimum absolute atomic E-state index is 0.113. The van der Waals surface area contributed by atoms with Gasteiger partial charge in [-0.1, -0.05) is 0 Å². The van der Waals surface area contributed by atoms with Crippen molar-refractivity contribution in [3.63, 3.8) is 0 Å². The van der Waals surface area contributed by atoms with Crippen LogP contribution >= 0.6 is 11.8 Å². The normalized spacial score (nSPS) is 14.5. The van der Waals surface area contributed by atoms with Crippen molar-refractivity contribution in [3.8, 4) is 0 Å². The Morgan fingerprint density at radius 2 is 2.25 bits per heavy atom. The maximum Gasteiger partial charge on any atom is 0.234 e. The lowest BCUT2D eigenvalue weighted by atomic mass is 10.1. The van der Waals surface area contributed by atoms with Crippen LogP contribution in [-0.4, -0.2) is 62.0 Å². The number of ether oxygens (including phenoxy) is 1. The molecule has 0 fully saturated rings. The summed E-state index contributed by atoms with van der Waals surface area (Å²) in [6, 6.07) is 0. The van der Waals surface area contributed by atoms with Gasteiger partial charge < -0.3 is 20.5 Å². The van der Waals surface area contributed by atoms with Crippen molar-refractivity contribution < 1.29 is 14.6 Å². The summed E-state index contributed by atoms with van der Waals surface area (Å²) >= 11 is 1.55. The molecule has 0 spiro atoms. The van der Waals surface area contributed by atoms with Gasteiger partial charge >= 0.3 is 0 Å². The van der Waals surface area contributed by atoms with E-state index in [4.69, 9.17) is 4.74 Å². The highest BCUT2D eigenvalue weighted by atomic mass is 32.2. The molecule has 0 aliphatic carbocycles. The quantitative estimate of drug-likeness (QED) is 0.479. The van der Waals surface area contributed by atoms with Gasteiger partial charge in [0.15, 0.2) is 0 Å². The van der Waals surface area contributed by atoms with Crippen molar-refractivity contribution in [1.82, 2.24) is 10.6 Å². The molecule has 0 radical (unpaired) electrons. The van der Waals surface area contributed by atoms with Gasteiger partial charge in [-0.2, -0.15) is 11.8 Å². The van der Waals surface area contributed by atoms with Gasteiger partial charge in [0.1, 0.15) is 0 Å². The highest BCUT2D eigenvalue weighted by molar-refractivity contribution is 7.98. The molecule has 0 aromatic carbocycles. The molecule has 5 nitrogen and oxygen atoms in total. The van der Waals surface area contributed by atoms with E-state index >= 15 is 0 Å². The zero-order valence-corrected chi connectivity index (χ0v) is 11.0. The molecule has 0 rings (SSSR count). The summed E-state index contributed by atoms with van der Waals surface area (Å²) in [6.07, 6.45) is 1.92. The first-order chi connectivity index (χ1) is 7.52. The third-order valence-electron chi connectivity index (χ3n) is 1.89. The number of methoxy groups -OCH3 is 1. The fraction of sp³-hybridized carbons (Fsp3) is 0.900. The van der Waals surface area contributed by atoms with E-state index in [0.29, 0.717) is 18.9 Å². The third kappa shape index (κ3) is 8.96. The molecular weight excluding hydrogens is 228 g/mol. The molecule has 1 unspecified atom stereocenters. The Morgan fingerprint density at radius 1 is 1.56 bits per heavy atom. The summed E-state index contributed by atoms with van der Waals surface area (Å²) in [5.74, 6) is 0.488. The second-order valence-corrected chi connectivity index (χ2v) is 4.74. The topological polar surface area (TPSA) is 70.6 Å². The van der Waals surface area contributed by atoms with Gasteiger partial charge in [-0.25, -0.2) is 0 Å². The second kappa shape index (κ2) is 8.81. The van der Waals surface area contributed by atoms with Crippen LogP contribution in [0.15, 0.2) is 0 Å². The predicted octanol–water partition coefficient (Wildman–Crippen LogP) is -0.547. The Hall–Kier alpha value is -0.300. The first kappa shape index (κ1) is 15.7. The number of aliphatic hydroxyl groups is 1. The fourth-order valence-electron chi connectivity index (χ4n) is 1.09. The van der Waals surface area contributed by atoms with E-state index in [2.05, 4.69) is 10.6 Å².